The van der Waals surface area contributed by atoms with Crippen LogP contribution in [-0.4, -0.2) is 22.6 Å². The topological polar surface area (TPSA) is 41.0 Å². The number of rotatable bonds is 6. The van der Waals surface area contributed by atoms with Crippen molar-refractivity contribution in [2.75, 3.05) is 16.8 Å². The highest BCUT2D eigenvalue weighted by molar-refractivity contribution is 7.07. The molecular weight excluding hydrogens is 268 g/mol. The highest BCUT2D eigenvalue weighted by atomic mass is 32.1. The van der Waals surface area contributed by atoms with E-state index in [9.17, 15) is 0 Å². The predicted octanol–water partition coefficient (Wildman–Crippen LogP) is 3.45. The Hall–Kier alpha value is -1.62. The molecule has 1 fully saturated rings. The first-order valence-corrected chi connectivity index (χ1v) is 8.08. The third-order valence-electron chi connectivity index (χ3n) is 3.40. The Bertz CT molecular complexity index is 563. The monoisotopic (exact) mass is 288 g/mol. The minimum atomic E-state index is 0.638. The molecule has 1 saturated carbocycles. The standard InChI is InChI=1S/C15H20N4S/c1-3-16-14-8-15(18-11(2)17-14)19(13-4-5-13)9-12-6-7-20-10-12/h6-8,10,13H,3-5,9H2,1-2H3,(H,16,17,18). The van der Waals surface area contributed by atoms with Crippen LogP contribution in [-0.2, 0) is 6.54 Å². The third kappa shape index (κ3) is 3.10. The molecule has 0 radical (unpaired) electrons. The largest absolute Gasteiger partial charge is 0.370 e. The van der Waals surface area contributed by atoms with E-state index in [1.807, 2.05) is 6.92 Å². The average Bonchev–Trinajstić information content (AvgIpc) is 3.12. The van der Waals surface area contributed by atoms with E-state index in [4.69, 9.17) is 0 Å². The Kier molecular flexibility index (Phi) is 3.87. The number of nitrogens with one attached hydrogen (secondary N) is 1. The first kappa shape index (κ1) is 13.4. The van der Waals surface area contributed by atoms with Gasteiger partial charge in [-0.3, -0.25) is 0 Å². The van der Waals surface area contributed by atoms with Crippen LogP contribution in [0.2, 0.25) is 0 Å². The quantitative estimate of drug-likeness (QED) is 0.884. The zero-order chi connectivity index (χ0) is 13.9. The molecule has 20 heavy (non-hydrogen) atoms. The highest BCUT2D eigenvalue weighted by Gasteiger charge is 2.30. The van der Waals surface area contributed by atoms with Gasteiger partial charge in [0.15, 0.2) is 0 Å². The van der Waals surface area contributed by atoms with Crippen molar-refractivity contribution in [3.63, 3.8) is 0 Å². The molecule has 5 heteroatoms. The summed E-state index contributed by atoms with van der Waals surface area (Å²) in [6.45, 7) is 5.86. The molecule has 1 aliphatic carbocycles. The molecule has 2 aromatic rings. The van der Waals surface area contributed by atoms with Gasteiger partial charge >= 0.3 is 0 Å². The zero-order valence-electron chi connectivity index (χ0n) is 12.0. The van der Waals surface area contributed by atoms with Gasteiger partial charge in [-0.2, -0.15) is 11.3 Å². The molecule has 0 amide bonds. The lowest BCUT2D eigenvalue weighted by Gasteiger charge is -2.24. The Labute approximate surface area is 123 Å². The summed E-state index contributed by atoms with van der Waals surface area (Å²) in [5.74, 6) is 2.79. The zero-order valence-corrected chi connectivity index (χ0v) is 12.8. The SMILES string of the molecule is CCNc1cc(N(Cc2ccsc2)C2CC2)nc(C)n1. The minimum absolute atomic E-state index is 0.638. The van der Waals surface area contributed by atoms with E-state index < -0.39 is 0 Å². The molecule has 2 heterocycles. The van der Waals surface area contributed by atoms with E-state index in [1.165, 1.54) is 18.4 Å². The van der Waals surface area contributed by atoms with Crippen LogP contribution in [0.5, 0.6) is 0 Å². The van der Waals surface area contributed by atoms with E-state index in [0.29, 0.717) is 6.04 Å². The predicted molar refractivity (Wildman–Crippen MR) is 84.5 cm³/mol. The molecule has 3 rings (SSSR count). The molecule has 0 aromatic carbocycles. The van der Waals surface area contributed by atoms with Crippen LogP contribution in [0.25, 0.3) is 0 Å². The second-order valence-electron chi connectivity index (χ2n) is 5.18. The molecule has 4 nitrogen and oxygen atoms in total. The summed E-state index contributed by atoms with van der Waals surface area (Å²) in [5, 5.41) is 7.64. The van der Waals surface area contributed by atoms with Crippen molar-refractivity contribution in [1.82, 2.24) is 9.97 Å². The molecule has 2 aromatic heterocycles. The van der Waals surface area contributed by atoms with Crippen molar-refractivity contribution in [2.24, 2.45) is 0 Å². The lowest BCUT2D eigenvalue weighted by Crippen LogP contribution is -2.26. The smallest absolute Gasteiger partial charge is 0.134 e. The van der Waals surface area contributed by atoms with E-state index in [1.54, 1.807) is 11.3 Å². The summed E-state index contributed by atoms with van der Waals surface area (Å²) in [6, 6.07) is 4.90. The molecule has 0 bridgehead atoms. The van der Waals surface area contributed by atoms with Crippen molar-refractivity contribution in [2.45, 2.75) is 39.3 Å². The van der Waals surface area contributed by atoms with Gasteiger partial charge in [-0.05, 0) is 49.1 Å². The van der Waals surface area contributed by atoms with Gasteiger partial charge in [-0.1, -0.05) is 0 Å². The van der Waals surface area contributed by atoms with Gasteiger partial charge in [0.05, 0.1) is 0 Å². The van der Waals surface area contributed by atoms with E-state index in [-0.39, 0.29) is 0 Å². The maximum absolute atomic E-state index is 4.64. The fourth-order valence-corrected chi connectivity index (χ4v) is 2.99. The summed E-state index contributed by atoms with van der Waals surface area (Å²) in [6.07, 6.45) is 2.54. The van der Waals surface area contributed by atoms with Gasteiger partial charge < -0.3 is 10.2 Å². The summed E-state index contributed by atoms with van der Waals surface area (Å²) < 4.78 is 0. The van der Waals surface area contributed by atoms with Crippen molar-refractivity contribution in [3.05, 3.63) is 34.3 Å². The Morgan fingerprint density at radius 1 is 1.40 bits per heavy atom. The summed E-state index contributed by atoms with van der Waals surface area (Å²) in [4.78, 5) is 11.5. The molecule has 1 N–H and O–H groups in total. The number of aromatic nitrogens is 2. The van der Waals surface area contributed by atoms with Crippen molar-refractivity contribution >= 4 is 23.0 Å². The summed E-state index contributed by atoms with van der Waals surface area (Å²) in [7, 11) is 0. The second kappa shape index (κ2) is 5.79. The van der Waals surface area contributed by atoms with Crippen molar-refractivity contribution in [3.8, 4) is 0 Å². The number of hydrogen-bond acceptors (Lipinski definition) is 5. The molecule has 0 saturated heterocycles. The normalized spacial score (nSPS) is 14.3. The fourth-order valence-electron chi connectivity index (χ4n) is 2.33. The highest BCUT2D eigenvalue weighted by Crippen LogP contribution is 2.33. The van der Waals surface area contributed by atoms with E-state index >= 15 is 0 Å². The average molecular weight is 288 g/mol. The molecule has 0 atom stereocenters. The Balaban J connectivity index is 1.86. The Morgan fingerprint density at radius 3 is 2.90 bits per heavy atom. The molecule has 0 aliphatic heterocycles. The first-order valence-electron chi connectivity index (χ1n) is 7.13. The van der Waals surface area contributed by atoms with Gasteiger partial charge in [-0.15, -0.1) is 0 Å². The van der Waals surface area contributed by atoms with Gasteiger partial charge in [0.25, 0.3) is 0 Å². The van der Waals surface area contributed by atoms with E-state index in [0.717, 1.165) is 30.5 Å². The number of thiophene rings is 1. The molecule has 106 valence electrons. The fraction of sp³-hybridized carbons (Fsp3) is 0.467. The minimum Gasteiger partial charge on any atom is -0.370 e. The number of hydrogen-bond donors (Lipinski definition) is 1. The van der Waals surface area contributed by atoms with Gasteiger partial charge in [-0.25, -0.2) is 9.97 Å². The van der Waals surface area contributed by atoms with E-state index in [2.05, 4.69) is 50.0 Å². The lowest BCUT2D eigenvalue weighted by atomic mass is 10.3. The van der Waals surface area contributed by atoms with Crippen LogP contribution in [0.1, 0.15) is 31.2 Å². The first-order chi connectivity index (χ1) is 9.76. The van der Waals surface area contributed by atoms with Crippen molar-refractivity contribution < 1.29 is 0 Å². The summed E-state index contributed by atoms with van der Waals surface area (Å²) in [5.41, 5.74) is 1.36. The van der Waals surface area contributed by atoms with Gasteiger partial charge in [0.2, 0.25) is 0 Å². The van der Waals surface area contributed by atoms with Crippen LogP contribution in [0, 0.1) is 6.92 Å². The molecule has 0 spiro atoms. The molecular formula is C15H20N4S. The third-order valence-corrected chi connectivity index (χ3v) is 4.13. The number of aryl methyl sites for hydroxylation is 1. The lowest BCUT2D eigenvalue weighted by molar-refractivity contribution is 0.773. The maximum atomic E-state index is 4.64. The Morgan fingerprint density at radius 2 is 2.25 bits per heavy atom. The molecule has 0 unspecified atom stereocenters. The van der Waals surface area contributed by atoms with Crippen LogP contribution in [0.4, 0.5) is 11.6 Å². The van der Waals surface area contributed by atoms with Crippen LogP contribution < -0.4 is 10.2 Å². The second-order valence-corrected chi connectivity index (χ2v) is 5.96. The maximum Gasteiger partial charge on any atom is 0.134 e. The number of anilines is 2. The van der Waals surface area contributed by atoms with Crippen LogP contribution in [0.15, 0.2) is 22.9 Å². The van der Waals surface area contributed by atoms with Crippen molar-refractivity contribution in [1.29, 1.82) is 0 Å². The summed E-state index contributed by atoms with van der Waals surface area (Å²) >= 11 is 1.75. The van der Waals surface area contributed by atoms with Gasteiger partial charge in [0, 0.05) is 25.2 Å². The van der Waals surface area contributed by atoms with Crippen LogP contribution in [0.3, 0.4) is 0 Å². The molecule has 1 aliphatic rings. The van der Waals surface area contributed by atoms with Crippen LogP contribution >= 0.6 is 11.3 Å². The number of nitrogens with zero attached hydrogens (tertiary/aromatic N) is 3. The van der Waals surface area contributed by atoms with Gasteiger partial charge in [0.1, 0.15) is 17.5 Å².